The lowest BCUT2D eigenvalue weighted by atomic mass is 10.1. The first-order valence-electron chi connectivity index (χ1n) is 13.4. The zero-order valence-electron chi connectivity index (χ0n) is 21.2. The van der Waals surface area contributed by atoms with Crippen LogP contribution in [-0.4, -0.2) is 6.16 Å². The van der Waals surface area contributed by atoms with Crippen LogP contribution in [0.3, 0.4) is 0 Å². The van der Waals surface area contributed by atoms with E-state index in [1.807, 2.05) is 0 Å². The lowest BCUT2D eigenvalue weighted by Crippen LogP contribution is -3.00. The molecule has 0 radical (unpaired) electrons. The van der Waals surface area contributed by atoms with E-state index in [9.17, 15) is 0 Å². The molecule has 2 heteroatoms. The van der Waals surface area contributed by atoms with E-state index in [1.54, 1.807) is 0 Å². The van der Waals surface area contributed by atoms with Crippen LogP contribution in [0.15, 0.2) is 91.0 Å². The van der Waals surface area contributed by atoms with E-state index in [4.69, 9.17) is 0 Å². The van der Waals surface area contributed by atoms with Gasteiger partial charge in [-0.1, -0.05) is 126 Å². The summed E-state index contributed by atoms with van der Waals surface area (Å²) in [5.74, 6) is 0. The fraction of sp³-hybridized carbons (Fsp3) is 0.438. The highest BCUT2D eigenvalue weighted by molar-refractivity contribution is 7.95. The zero-order valence-corrected chi connectivity index (χ0v) is 23.7. The molecule has 0 aliphatic rings. The van der Waals surface area contributed by atoms with Gasteiger partial charge in [0.05, 0.1) is 6.16 Å². The van der Waals surface area contributed by atoms with Crippen LogP contribution in [0.5, 0.6) is 0 Å². The largest absolute Gasteiger partial charge is 1.00 e. The van der Waals surface area contributed by atoms with Gasteiger partial charge in [0.15, 0.2) is 0 Å². The molecular formula is C32H44BrP. The van der Waals surface area contributed by atoms with Gasteiger partial charge in [-0.15, -0.1) is 0 Å². The van der Waals surface area contributed by atoms with Gasteiger partial charge in [0.25, 0.3) is 0 Å². The zero-order chi connectivity index (χ0) is 23.0. The molecule has 0 bridgehead atoms. The highest BCUT2D eigenvalue weighted by Gasteiger charge is 2.44. The lowest BCUT2D eigenvalue weighted by Gasteiger charge is -2.27. The Balaban J connectivity index is 0.00000408. The molecule has 0 aromatic heterocycles. The summed E-state index contributed by atoms with van der Waals surface area (Å²) in [5.41, 5.74) is 0. The van der Waals surface area contributed by atoms with E-state index < -0.39 is 7.26 Å². The van der Waals surface area contributed by atoms with Crippen molar-refractivity contribution in [3.8, 4) is 0 Å². The van der Waals surface area contributed by atoms with Crippen LogP contribution in [-0.2, 0) is 0 Å². The van der Waals surface area contributed by atoms with Gasteiger partial charge >= 0.3 is 0 Å². The van der Waals surface area contributed by atoms with Crippen LogP contribution < -0.4 is 32.9 Å². The third-order valence-electron chi connectivity index (χ3n) is 6.94. The van der Waals surface area contributed by atoms with Crippen LogP contribution in [0.4, 0.5) is 0 Å². The lowest BCUT2D eigenvalue weighted by molar-refractivity contribution is -0.00000674. The monoisotopic (exact) mass is 538 g/mol. The second-order valence-electron chi connectivity index (χ2n) is 9.43. The highest BCUT2D eigenvalue weighted by Crippen LogP contribution is 2.55. The molecule has 0 nitrogen and oxygen atoms in total. The molecule has 3 rings (SSSR count). The Kier molecular flexibility index (Phi) is 14.5. The van der Waals surface area contributed by atoms with Gasteiger partial charge in [0, 0.05) is 0 Å². The molecule has 184 valence electrons. The maximum atomic E-state index is 2.37. The molecular weight excluding hydrogens is 495 g/mol. The van der Waals surface area contributed by atoms with Gasteiger partial charge in [-0.3, -0.25) is 0 Å². The van der Waals surface area contributed by atoms with Gasteiger partial charge in [0.1, 0.15) is 23.2 Å². The standard InChI is InChI=1S/C32H44P.BrH/c1-2-3-4-5-6-7-8-9-10-11-12-22-29-33(30-23-16-13-17-24-30,31-25-18-14-19-26-31)32-27-20-15-21-28-32;/h13-21,23-28H,2-12,22,29H2,1H3;1H/q+1;/p-1. The van der Waals surface area contributed by atoms with Crippen LogP contribution in [0.25, 0.3) is 0 Å². The Labute approximate surface area is 220 Å². The Hall–Kier alpha value is -1.43. The van der Waals surface area contributed by atoms with E-state index in [-0.39, 0.29) is 17.0 Å². The van der Waals surface area contributed by atoms with E-state index in [0.717, 1.165) is 0 Å². The minimum Gasteiger partial charge on any atom is -1.00 e. The van der Waals surface area contributed by atoms with Crippen molar-refractivity contribution in [2.24, 2.45) is 0 Å². The maximum Gasteiger partial charge on any atom is 0.112 e. The number of halogens is 1. The van der Waals surface area contributed by atoms with Gasteiger partial charge in [0.2, 0.25) is 0 Å². The summed E-state index contributed by atoms with van der Waals surface area (Å²) in [6.07, 6.45) is 18.1. The Morgan fingerprint density at radius 1 is 0.412 bits per heavy atom. The normalized spacial score (nSPS) is 11.2. The summed E-state index contributed by atoms with van der Waals surface area (Å²) < 4.78 is 0. The SMILES string of the molecule is CCCCCCCCCCCCCC[P+](c1ccccc1)(c1ccccc1)c1ccccc1.[Br-]. The quantitative estimate of drug-likeness (QED) is 0.162. The summed E-state index contributed by atoms with van der Waals surface area (Å²) in [6, 6.07) is 34.0. The van der Waals surface area contributed by atoms with Gasteiger partial charge in [-0.2, -0.15) is 0 Å². The molecule has 0 atom stereocenters. The van der Waals surface area contributed by atoms with Crippen molar-refractivity contribution in [2.45, 2.75) is 84.0 Å². The van der Waals surface area contributed by atoms with E-state index in [2.05, 4.69) is 97.9 Å². The minimum absolute atomic E-state index is 0. The molecule has 0 N–H and O–H groups in total. The van der Waals surface area contributed by atoms with Crippen molar-refractivity contribution in [1.29, 1.82) is 0 Å². The van der Waals surface area contributed by atoms with Gasteiger partial charge in [-0.05, 0) is 49.2 Å². The number of rotatable bonds is 16. The summed E-state index contributed by atoms with van der Waals surface area (Å²) in [5, 5.41) is 4.56. The number of hydrogen-bond acceptors (Lipinski definition) is 0. The predicted octanol–water partition coefficient (Wildman–Crippen LogP) is 5.69. The predicted molar refractivity (Wildman–Crippen MR) is 151 cm³/mol. The molecule has 3 aromatic rings. The topological polar surface area (TPSA) is 0 Å². The minimum atomic E-state index is -1.63. The molecule has 34 heavy (non-hydrogen) atoms. The smallest absolute Gasteiger partial charge is 0.112 e. The average Bonchev–Trinajstić information content (AvgIpc) is 2.89. The number of benzene rings is 3. The average molecular weight is 540 g/mol. The van der Waals surface area contributed by atoms with Crippen LogP contribution in [0.2, 0.25) is 0 Å². The van der Waals surface area contributed by atoms with Gasteiger partial charge < -0.3 is 17.0 Å². The summed E-state index contributed by atoms with van der Waals surface area (Å²) in [6.45, 7) is 2.30. The first-order chi connectivity index (χ1) is 16.4. The molecule has 0 amide bonds. The van der Waals surface area contributed by atoms with E-state index in [1.165, 1.54) is 99.1 Å². The molecule has 0 unspecified atom stereocenters. The van der Waals surface area contributed by atoms with Crippen LogP contribution in [0, 0.1) is 0 Å². The van der Waals surface area contributed by atoms with Crippen molar-refractivity contribution in [1.82, 2.24) is 0 Å². The third-order valence-corrected chi connectivity index (χ3v) is 11.5. The van der Waals surface area contributed by atoms with Crippen molar-refractivity contribution in [3.63, 3.8) is 0 Å². The van der Waals surface area contributed by atoms with E-state index in [0.29, 0.717) is 0 Å². The molecule has 0 fully saturated rings. The first-order valence-corrected chi connectivity index (χ1v) is 15.4. The van der Waals surface area contributed by atoms with Crippen LogP contribution in [0.1, 0.15) is 84.0 Å². The Morgan fingerprint density at radius 2 is 0.706 bits per heavy atom. The summed E-state index contributed by atoms with van der Waals surface area (Å²) >= 11 is 0. The fourth-order valence-corrected chi connectivity index (χ4v) is 9.48. The van der Waals surface area contributed by atoms with Gasteiger partial charge in [-0.25, -0.2) is 0 Å². The molecule has 0 saturated heterocycles. The Bertz CT molecular complexity index is 767. The van der Waals surface area contributed by atoms with E-state index >= 15 is 0 Å². The molecule has 0 spiro atoms. The third kappa shape index (κ3) is 8.66. The molecule has 0 saturated carbocycles. The fourth-order valence-electron chi connectivity index (χ4n) is 5.07. The highest BCUT2D eigenvalue weighted by atomic mass is 79.9. The molecule has 0 aliphatic heterocycles. The van der Waals surface area contributed by atoms with Crippen molar-refractivity contribution >= 4 is 23.2 Å². The summed E-state index contributed by atoms with van der Waals surface area (Å²) in [4.78, 5) is 0. The second kappa shape index (κ2) is 17.1. The van der Waals surface area contributed by atoms with Crippen LogP contribution >= 0.6 is 7.26 Å². The first kappa shape index (κ1) is 28.8. The molecule has 0 aliphatic carbocycles. The summed E-state index contributed by atoms with van der Waals surface area (Å²) in [7, 11) is -1.63. The molecule has 3 aromatic carbocycles. The maximum absolute atomic E-state index is 2.37. The number of unbranched alkanes of at least 4 members (excludes halogenated alkanes) is 11. The Morgan fingerprint density at radius 3 is 1.03 bits per heavy atom. The second-order valence-corrected chi connectivity index (χ2v) is 13.0. The molecule has 0 heterocycles. The van der Waals surface area contributed by atoms with Crippen molar-refractivity contribution < 1.29 is 17.0 Å². The number of hydrogen-bond donors (Lipinski definition) is 0. The van der Waals surface area contributed by atoms with Crippen molar-refractivity contribution in [3.05, 3.63) is 91.0 Å². The van der Waals surface area contributed by atoms with Crippen molar-refractivity contribution in [2.75, 3.05) is 6.16 Å².